The Balaban J connectivity index is 2.34. The van der Waals surface area contributed by atoms with Crippen LogP contribution in [-0.2, 0) is 20.0 Å². The standard InChI is InChI=1S/C30H51N7O4S2/c1-9-36(22-16-31(3)4)42(38,39)29-25-30(43(40,41)37(10-2)23-17-32(5)6)28(35-20-18-33(7)19-21-35)24-27(29)34(8)26-14-12-11-13-15-26/h11-15,24-25H,9-10,16-23H2,1-8H3. The number of benzene rings is 2. The zero-order valence-corrected chi connectivity index (χ0v) is 28.8. The Morgan fingerprint density at radius 1 is 0.674 bits per heavy atom. The van der Waals surface area contributed by atoms with E-state index in [1.807, 2.05) is 101 Å². The summed E-state index contributed by atoms with van der Waals surface area (Å²) in [5.74, 6) is 0. The quantitative estimate of drug-likeness (QED) is 0.292. The lowest BCUT2D eigenvalue weighted by molar-refractivity contribution is 0.312. The third-order valence-corrected chi connectivity index (χ3v) is 11.9. The summed E-state index contributed by atoms with van der Waals surface area (Å²) < 4.78 is 60.6. The molecule has 11 nitrogen and oxygen atoms in total. The van der Waals surface area contributed by atoms with Gasteiger partial charge in [-0.3, -0.25) is 0 Å². The first-order valence-electron chi connectivity index (χ1n) is 14.9. The number of sulfonamides is 2. The van der Waals surface area contributed by atoms with Crippen LogP contribution >= 0.6 is 0 Å². The molecule has 1 fully saturated rings. The molecule has 0 radical (unpaired) electrons. The molecule has 2 aromatic rings. The van der Waals surface area contributed by atoms with E-state index in [-0.39, 0.29) is 29.4 Å². The second kappa shape index (κ2) is 15.2. The van der Waals surface area contributed by atoms with Crippen molar-refractivity contribution in [1.82, 2.24) is 23.3 Å². The van der Waals surface area contributed by atoms with Crippen LogP contribution in [0, 0.1) is 0 Å². The van der Waals surface area contributed by atoms with Crippen molar-refractivity contribution in [2.45, 2.75) is 23.6 Å². The summed E-state index contributed by atoms with van der Waals surface area (Å²) in [6.07, 6.45) is 0. The first-order valence-corrected chi connectivity index (χ1v) is 17.8. The van der Waals surface area contributed by atoms with Crippen LogP contribution in [0.3, 0.4) is 0 Å². The molecular formula is C30H51N7O4S2. The van der Waals surface area contributed by atoms with Crippen molar-refractivity contribution in [3.05, 3.63) is 42.5 Å². The molecule has 0 saturated carbocycles. The van der Waals surface area contributed by atoms with Gasteiger partial charge in [-0.15, -0.1) is 0 Å². The SMILES string of the molecule is CCN(CCN(C)C)S(=O)(=O)c1cc(S(=O)(=O)N(CC)CCN(C)C)c(N(C)c2ccccc2)cc1N1CCN(C)CC1. The summed E-state index contributed by atoms with van der Waals surface area (Å²) >= 11 is 0. The van der Waals surface area contributed by atoms with E-state index in [0.29, 0.717) is 44.1 Å². The van der Waals surface area contributed by atoms with Gasteiger partial charge >= 0.3 is 0 Å². The fourth-order valence-corrected chi connectivity index (χ4v) is 8.50. The van der Waals surface area contributed by atoms with E-state index in [1.54, 1.807) is 6.07 Å². The van der Waals surface area contributed by atoms with Crippen molar-refractivity contribution in [1.29, 1.82) is 0 Å². The minimum Gasteiger partial charge on any atom is -0.368 e. The molecule has 3 rings (SSSR count). The largest absolute Gasteiger partial charge is 0.368 e. The molecule has 242 valence electrons. The Labute approximate surface area is 260 Å². The van der Waals surface area contributed by atoms with Gasteiger partial charge in [0.15, 0.2) is 0 Å². The van der Waals surface area contributed by atoms with E-state index in [4.69, 9.17) is 0 Å². The predicted molar refractivity (Wildman–Crippen MR) is 177 cm³/mol. The zero-order valence-electron chi connectivity index (χ0n) is 27.2. The molecule has 0 aromatic heterocycles. The normalized spacial score (nSPS) is 15.3. The summed E-state index contributed by atoms with van der Waals surface area (Å²) in [6, 6.07) is 12.7. The third kappa shape index (κ3) is 8.47. The minimum atomic E-state index is -4.08. The summed E-state index contributed by atoms with van der Waals surface area (Å²) in [5, 5.41) is 0. The van der Waals surface area contributed by atoms with E-state index in [2.05, 4.69) is 9.80 Å². The Morgan fingerprint density at radius 3 is 1.63 bits per heavy atom. The molecule has 0 amide bonds. The molecule has 1 heterocycles. The molecule has 1 aliphatic rings. The number of likely N-dealkylation sites (N-methyl/N-ethyl adjacent to an activating group) is 5. The summed E-state index contributed by atoms with van der Waals surface area (Å²) in [7, 11) is 3.36. The molecule has 0 bridgehead atoms. The van der Waals surface area contributed by atoms with Crippen molar-refractivity contribution >= 4 is 37.1 Å². The molecule has 2 aromatic carbocycles. The number of hydrogen-bond acceptors (Lipinski definition) is 9. The number of para-hydroxylation sites is 1. The van der Waals surface area contributed by atoms with E-state index in [9.17, 15) is 16.8 Å². The minimum absolute atomic E-state index is 0.0143. The van der Waals surface area contributed by atoms with Crippen LogP contribution in [0.15, 0.2) is 52.3 Å². The van der Waals surface area contributed by atoms with Crippen molar-refractivity contribution in [3.8, 4) is 0 Å². The highest BCUT2D eigenvalue weighted by atomic mass is 32.2. The average Bonchev–Trinajstić information content (AvgIpc) is 2.97. The molecule has 0 atom stereocenters. The Bertz CT molecular complexity index is 1400. The molecule has 0 unspecified atom stereocenters. The molecule has 13 heteroatoms. The van der Waals surface area contributed by atoms with E-state index >= 15 is 0 Å². The topological polar surface area (TPSA) is 91.0 Å². The lowest BCUT2D eigenvalue weighted by Crippen LogP contribution is -2.45. The highest BCUT2D eigenvalue weighted by Gasteiger charge is 2.35. The van der Waals surface area contributed by atoms with Crippen LogP contribution in [0.1, 0.15) is 13.8 Å². The summed E-state index contributed by atoms with van der Waals surface area (Å²) in [5.41, 5.74) is 1.78. The fraction of sp³-hybridized carbons (Fsp3) is 0.600. The van der Waals surface area contributed by atoms with Crippen LogP contribution < -0.4 is 9.80 Å². The fourth-order valence-electron chi connectivity index (χ4n) is 5.10. The molecule has 0 aliphatic carbocycles. The van der Waals surface area contributed by atoms with Gasteiger partial charge in [-0.25, -0.2) is 16.8 Å². The maximum atomic E-state index is 14.4. The van der Waals surface area contributed by atoms with Crippen LogP contribution in [0.25, 0.3) is 0 Å². The number of nitrogens with zero attached hydrogens (tertiary/aromatic N) is 7. The smallest absolute Gasteiger partial charge is 0.245 e. The Morgan fingerprint density at radius 2 is 1.16 bits per heavy atom. The van der Waals surface area contributed by atoms with Gasteiger partial charge in [-0.1, -0.05) is 32.0 Å². The maximum absolute atomic E-state index is 14.4. The second-order valence-corrected chi connectivity index (χ2v) is 15.4. The molecule has 0 N–H and O–H groups in total. The highest BCUT2D eigenvalue weighted by molar-refractivity contribution is 7.90. The molecule has 1 aliphatic heterocycles. The van der Waals surface area contributed by atoms with Gasteiger partial charge in [-0.05, 0) is 59.5 Å². The van der Waals surface area contributed by atoms with Crippen LogP contribution in [0.4, 0.5) is 17.1 Å². The van der Waals surface area contributed by atoms with Crippen LogP contribution in [0.5, 0.6) is 0 Å². The highest BCUT2D eigenvalue weighted by Crippen LogP contribution is 2.40. The van der Waals surface area contributed by atoms with Gasteiger partial charge < -0.3 is 24.5 Å². The van der Waals surface area contributed by atoms with Gasteiger partial charge in [0.2, 0.25) is 20.0 Å². The zero-order chi connectivity index (χ0) is 31.9. The number of anilines is 3. The van der Waals surface area contributed by atoms with E-state index in [1.165, 1.54) is 14.7 Å². The number of piperazine rings is 1. The third-order valence-electron chi connectivity index (χ3n) is 7.92. The van der Waals surface area contributed by atoms with E-state index in [0.717, 1.165) is 18.8 Å². The summed E-state index contributed by atoms with van der Waals surface area (Å²) in [4.78, 5) is 10.0. The van der Waals surface area contributed by atoms with Gasteiger partial charge in [0.25, 0.3) is 0 Å². The van der Waals surface area contributed by atoms with Crippen molar-refractivity contribution in [3.63, 3.8) is 0 Å². The van der Waals surface area contributed by atoms with Crippen molar-refractivity contribution in [2.75, 3.05) is 118 Å². The first kappa shape index (κ1) is 35.2. The van der Waals surface area contributed by atoms with Gasteiger partial charge in [0, 0.05) is 78.2 Å². The van der Waals surface area contributed by atoms with Crippen LogP contribution in [-0.4, -0.2) is 148 Å². The van der Waals surface area contributed by atoms with Crippen molar-refractivity contribution < 1.29 is 16.8 Å². The van der Waals surface area contributed by atoms with Gasteiger partial charge in [0.05, 0.1) is 11.4 Å². The molecule has 1 saturated heterocycles. The Hall–Kier alpha value is -2.26. The molecule has 0 spiro atoms. The number of hydrogen-bond donors (Lipinski definition) is 0. The maximum Gasteiger partial charge on any atom is 0.245 e. The molecule has 43 heavy (non-hydrogen) atoms. The monoisotopic (exact) mass is 637 g/mol. The Kier molecular flexibility index (Phi) is 12.4. The van der Waals surface area contributed by atoms with E-state index < -0.39 is 20.0 Å². The van der Waals surface area contributed by atoms with Crippen LogP contribution in [0.2, 0.25) is 0 Å². The number of rotatable bonds is 15. The lowest BCUT2D eigenvalue weighted by Gasteiger charge is -2.37. The first-order chi connectivity index (χ1) is 20.2. The van der Waals surface area contributed by atoms with Gasteiger partial charge in [0.1, 0.15) is 9.79 Å². The predicted octanol–water partition coefficient (Wildman–Crippen LogP) is 2.35. The summed E-state index contributed by atoms with van der Waals surface area (Å²) in [6.45, 7) is 8.64. The van der Waals surface area contributed by atoms with Gasteiger partial charge in [-0.2, -0.15) is 8.61 Å². The average molecular weight is 638 g/mol. The second-order valence-electron chi connectivity index (χ2n) is 11.6. The molecular weight excluding hydrogens is 587 g/mol. The lowest BCUT2D eigenvalue weighted by atomic mass is 10.2. The van der Waals surface area contributed by atoms with Crippen molar-refractivity contribution in [2.24, 2.45) is 0 Å².